The lowest BCUT2D eigenvalue weighted by Gasteiger charge is -2.02. The van der Waals surface area contributed by atoms with Crippen LogP contribution in [0, 0.1) is 5.82 Å². The van der Waals surface area contributed by atoms with Gasteiger partial charge in [-0.2, -0.15) is 0 Å². The first kappa shape index (κ1) is 14.9. The van der Waals surface area contributed by atoms with Crippen LogP contribution in [0.2, 0.25) is 5.02 Å². The minimum atomic E-state index is -0.425. The van der Waals surface area contributed by atoms with Gasteiger partial charge in [-0.1, -0.05) is 22.9 Å². The Morgan fingerprint density at radius 2 is 2.30 bits per heavy atom. The first-order valence-corrected chi connectivity index (χ1v) is 6.59. The summed E-state index contributed by atoms with van der Waals surface area (Å²) >= 11 is 5.64. The minimum absolute atomic E-state index is 0.121. The smallest absolute Gasteiger partial charge is 0.142 e. The predicted molar refractivity (Wildman–Crippen MR) is 74.1 cm³/mol. The van der Waals surface area contributed by atoms with Crippen LogP contribution in [0.4, 0.5) is 4.39 Å². The molecular formula is C13H16ClFN4O. The maximum Gasteiger partial charge on any atom is 0.142 e. The van der Waals surface area contributed by atoms with Crippen LogP contribution in [0.25, 0.3) is 0 Å². The van der Waals surface area contributed by atoms with E-state index in [1.54, 1.807) is 17.9 Å². The van der Waals surface area contributed by atoms with Crippen molar-refractivity contribution in [2.75, 3.05) is 20.3 Å². The molecule has 0 unspecified atom stereocenters. The van der Waals surface area contributed by atoms with Gasteiger partial charge in [0.05, 0.1) is 30.1 Å². The molecule has 1 heterocycles. The van der Waals surface area contributed by atoms with Crippen molar-refractivity contribution in [2.24, 2.45) is 0 Å². The van der Waals surface area contributed by atoms with Gasteiger partial charge in [0.25, 0.3) is 0 Å². The van der Waals surface area contributed by atoms with E-state index in [0.717, 1.165) is 17.8 Å². The molecule has 1 aromatic carbocycles. The lowest BCUT2D eigenvalue weighted by atomic mass is 10.2. The fourth-order valence-electron chi connectivity index (χ4n) is 1.71. The maximum atomic E-state index is 13.3. The molecule has 0 bridgehead atoms. The van der Waals surface area contributed by atoms with Crippen molar-refractivity contribution < 1.29 is 9.13 Å². The van der Waals surface area contributed by atoms with Crippen molar-refractivity contribution in [2.45, 2.75) is 13.1 Å². The van der Waals surface area contributed by atoms with Crippen LogP contribution >= 0.6 is 11.6 Å². The largest absolute Gasteiger partial charge is 0.383 e. The summed E-state index contributed by atoms with van der Waals surface area (Å²) in [5, 5.41) is 11.3. The fraction of sp³-hybridized carbons (Fsp3) is 0.385. The number of nitrogens with one attached hydrogen (secondary N) is 1. The molecule has 0 aliphatic heterocycles. The standard InChI is InChI=1S/C13H16ClFN4O/c1-20-5-4-16-7-11-9-19(18-17-11)8-10-2-3-12(14)13(15)6-10/h2-3,6,9,16H,4-5,7-8H2,1H3. The van der Waals surface area contributed by atoms with Gasteiger partial charge in [-0.3, -0.25) is 0 Å². The van der Waals surface area contributed by atoms with Gasteiger partial charge in [-0.25, -0.2) is 9.07 Å². The molecular weight excluding hydrogens is 283 g/mol. The van der Waals surface area contributed by atoms with Crippen LogP contribution in [-0.2, 0) is 17.8 Å². The molecule has 0 fully saturated rings. The van der Waals surface area contributed by atoms with E-state index < -0.39 is 5.82 Å². The normalized spacial score (nSPS) is 10.9. The molecule has 0 amide bonds. The minimum Gasteiger partial charge on any atom is -0.383 e. The van der Waals surface area contributed by atoms with Gasteiger partial charge in [0.2, 0.25) is 0 Å². The number of ether oxygens (including phenoxy) is 1. The maximum absolute atomic E-state index is 13.3. The Morgan fingerprint density at radius 3 is 3.05 bits per heavy atom. The Kier molecular flexibility index (Phi) is 5.46. The van der Waals surface area contributed by atoms with Crippen LogP contribution in [0.15, 0.2) is 24.4 Å². The quantitative estimate of drug-likeness (QED) is 0.793. The summed E-state index contributed by atoms with van der Waals surface area (Å²) in [7, 11) is 1.66. The van der Waals surface area contributed by atoms with Gasteiger partial charge >= 0.3 is 0 Å². The second-order valence-corrected chi connectivity index (χ2v) is 4.73. The third-order valence-electron chi connectivity index (χ3n) is 2.70. The van der Waals surface area contributed by atoms with Gasteiger partial charge < -0.3 is 10.1 Å². The van der Waals surface area contributed by atoms with Crippen molar-refractivity contribution in [3.8, 4) is 0 Å². The second kappa shape index (κ2) is 7.33. The van der Waals surface area contributed by atoms with E-state index in [4.69, 9.17) is 16.3 Å². The van der Waals surface area contributed by atoms with Gasteiger partial charge in [0.1, 0.15) is 5.82 Å². The molecule has 0 saturated heterocycles. The highest BCUT2D eigenvalue weighted by atomic mass is 35.5. The summed E-state index contributed by atoms with van der Waals surface area (Å²) in [4.78, 5) is 0. The van der Waals surface area contributed by atoms with Crippen LogP contribution in [0.1, 0.15) is 11.3 Å². The number of halogens is 2. The molecule has 108 valence electrons. The SMILES string of the molecule is COCCNCc1cn(Cc2ccc(Cl)c(F)c2)nn1. The van der Waals surface area contributed by atoms with Gasteiger partial charge in [-0.05, 0) is 17.7 Å². The van der Waals surface area contributed by atoms with Crippen molar-refractivity contribution in [1.82, 2.24) is 20.3 Å². The first-order chi connectivity index (χ1) is 9.69. The van der Waals surface area contributed by atoms with Crippen LogP contribution in [0.3, 0.4) is 0 Å². The predicted octanol–water partition coefficient (Wildman–Crippen LogP) is 1.85. The Bertz CT molecular complexity index is 561. The van der Waals surface area contributed by atoms with Crippen molar-refractivity contribution in [3.05, 3.63) is 46.5 Å². The third-order valence-corrected chi connectivity index (χ3v) is 3.01. The number of nitrogens with zero attached hydrogens (tertiary/aromatic N) is 3. The molecule has 0 atom stereocenters. The molecule has 0 spiro atoms. The highest BCUT2D eigenvalue weighted by Gasteiger charge is 2.04. The van der Waals surface area contributed by atoms with E-state index in [1.807, 2.05) is 6.20 Å². The number of methoxy groups -OCH3 is 1. The molecule has 0 aliphatic rings. The summed E-state index contributed by atoms with van der Waals surface area (Å²) in [5.41, 5.74) is 1.62. The van der Waals surface area contributed by atoms with Crippen LogP contribution < -0.4 is 5.32 Å². The number of hydrogen-bond donors (Lipinski definition) is 1. The number of aromatic nitrogens is 3. The summed E-state index contributed by atoms with van der Waals surface area (Å²) in [5.74, 6) is -0.425. The number of rotatable bonds is 7. The summed E-state index contributed by atoms with van der Waals surface area (Å²) in [6.45, 7) is 2.49. The zero-order chi connectivity index (χ0) is 14.4. The summed E-state index contributed by atoms with van der Waals surface area (Å²) < 4.78 is 19.9. The highest BCUT2D eigenvalue weighted by molar-refractivity contribution is 6.30. The molecule has 2 aromatic rings. The summed E-state index contributed by atoms with van der Waals surface area (Å²) in [6, 6.07) is 4.71. The topological polar surface area (TPSA) is 52.0 Å². The van der Waals surface area contributed by atoms with Gasteiger partial charge in [-0.15, -0.1) is 5.10 Å². The molecule has 7 heteroatoms. The number of benzene rings is 1. The van der Waals surface area contributed by atoms with Crippen molar-refractivity contribution >= 4 is 11.6 Å². The average Bonchev–Trinajstić information content (AvgIpc) is 2.87. The molecule has 1 N–H and O–H groups in total. The Hall–Kier alpha value is -1.50. The lowest BCUT2D eigenvalue weighted by molar-refractivity contribution is 0.199. The Labute approximate surface area is 121 Å². The first-order valence-electron chi connectivity index (χ1n) is 6.21. The lowest BCUT2D eigenvalue weighted by Crippen LogP contribution is -2.18. The van der Waals surface area contributed by atoms with E-state index in [-0.39, 0.29) is 5.02 Å². The molecule has 1 aromatic heterocycles. The van der Waals surface area contributed by atoms with E-state index >= 15 is 0 Å². The third kappa shape index (κ3) is 4.26. The number of hydrogen-bond acceptors (Lipinski definition) is 4. The van der Waals surface area contributed by atoms with Crippen molar-refractivity contribution in [1.29, 1.82) is 0 Å². The average molecular weight is 299 g/mol. The summed E-state index contributed by atoms with van der Waals surface area (Å²) in [6.07, 6.45) is 1.83. The molecule has 0 saturated carbocycles. The second-order valence-electron chi connectivity index (χ2n) is 4.33. The zero-order valence-corrected chi connectivity index (χ0v) is 11.9. The molecule has 0 radical (unpaired) electrons. The molecule has 2 rings (SSSR count). The molecule has 5 nitrogen and oxygen atoms in total. The Balaban J connectivity index is 1.90. The molecule has 0 aliphatic carbocycles. The highest BCUT2D eigenvalue weighted by Crippen LogP contribution is 2.16. The van der Waals surface area contributed by atoms with E-state index in [0.29, 0.717) is 19.7 Å². The van der Waals surface area contributed by atoms with E-state index in [2.05, 4.69) is 15.6 Å². The zero-order valence-electron chi connectivity index (χ0n) is 11.1. The monoisotopic (exact) mass is 298 g/mol. The Morgan fingerprint density at radius 1 is 1.45 bits per heavy atom. The van der Waals surface area contributed by atoms with E-state index in [1.165, 1.54) is 12.1 Å². The van der Waals surface area contributed by atoms with Gasteiger partial charge in [0.15, 0.2) is 0 Å². The fourth-order valence-corrected chi connectivity index (χ4v) is 1.83. The van der Waals surface area contributed by atoms with E-state index in [9.17, 15) is 4.39 Å². The van der Waals surface area contributed by atoms with Crippen LogP contribution in [0.5, 0.6) is 0 Å². The molecule has 20 heavy (non-hydrogen) atoms. The van der Waals surface area contributed by atoms with Gasteiger partial charge in [0, 0.05) is 20.2 Å². The van der Waals surface area contributed by atoms with Crippen molar-refractivity contribution in [3.63, 3.8) is 0 Å². The van der Waals surface area contributed by atoms with Crippen LogP contribution in [-0.4, -0.2) is 35.3 Å².